The number of hydrogen-bond acceptors (Lipinski definition) is 4. The van der Waals surface area contributed by atoms with E-state index in [9.17, 15) is 9.59 Å². The molecule has 0 saturated heterocycles. The topological polar surface area (TPSA) is 52.6 Å². The molecule has 0 radical (unpaired) electrons. The van der Waals surface area contributed by atoms with Gasteiger partial charge in [-0.2, -0.15) is 0 Å². The van der Waals surface area contributed by atoms with Gasteiger partial charge in [0.25, 0.3) is 0 Å². The van der Waals surface area contributed by atoms with Crippen molar-refractivity contribution in [3.05, 3.63) is 103 Å². The molecule has 58 heavy (non-hydrogen) atoms. The lowest BCUT2D eigenvalue weighted by molar-refractivity contribution is -0.252. The van der Waals surface area contributed by atoms with Gasteiger partial charge < -0.3 is 26.5 Å². The standard InChI is InChI=1S/C52H68O4P.BrH/c1-36(34-57(39-18-12-9-13-19-39,40-20-14-10-15-21-40)41-22-16-11-17-23-41)42-26-31-52(35-55-37(2)53)33-32-50(7)43(47(42)52)24-25-45-49(6)29-28-46(56-38(3)54)48(4,5)44(49)27-30-51(45,50)8;/h9-23,42-47H,1,24-35H2,2-8H3;1H/q+1;/p-1/t42-,43+,44-,45+,46-,47+,49-,50+,51+,52+;/m0./s1. The molecule has 6 heteroatoms. The van der Waals surface area contributed by atoms with Crippen LogP contribution in [0, 0.1) is 56.7 Å². The summed E-state index contributed by atoms with van der Waals surface area (Å²) in [7, 11) is -2.12. The van der Waals surface area contributed by atoms with Gasteiger partial charge in [0.1, 0.15) is 29.3 Å². The second-order valence-electron chi connectivity index (χ2n) is 20.6. The SMILES string of the molecule is C=C(C[P+](c1ccccc1)(c1ccccc1)c1ccccc1)[C@@H]1CC[C@]2(COC(C)=O)CC[C@]3(C)[C@H](CC[C@@H]4[C@@]5(C)CC[C@H](OC(C)=O)C(C)(C)[C@@H]5CC[C@]43C)[C@@H]12.[Br-]. The largest absolute Gasteiger partial charge is 1.00 e. The second kappa shape index (κ2) is 15.9. The lowest BCUT2D eigenvalue weighted by atomic mass is 9.32. The fourth-order valence-corrected chi connectivity index (χ4v) is 19.6. The number of carbonyl (C=O) groups excluding carboxylic acids is 2. The minimum Gasteiger partial charge on any atom is -1.00 e. The molecule has 10 atom stereocenters. The number of benzene rings is 3. The van der Waals surface area contributed by atoms with Crippen LogP contribution in [-0.2, 0) is 19.1 Å². The quantitative estimate of drug-likeness (QED) is 0.124. The van der Waals surface area contributed by atoms with Gasteiger partial charge in [0.15, 0.2) is 0 Å². The monoisotopic (exact) mass is 866 g/mol. The molecule has 0 amide bonds. The van der Waals surface area contributed by atoms with E-state index in [2.05, 4.69) is 126 Å². The van der Waals surface area contributed by atoms with E-state index in [0.717, 1.165) is 38.3 Å². The molecule has 5 saturated carbocycles. The Morgan fingerprint density at radius 3 is 1.76 bits per heavy atom. The van der Waals surface area contributed by atoms with Gasteiger partial charge in [0.2, 0.25) is 0 Å². The Bertz CT molecular complexity index is 1870. The highest BCUT2D eigenvalue weighted by atomic mass is 79.9. The van der Waals surface area contributed by atoms with Crippen molar-refractivity contribution in [1.82, 2.24) is 0 Å². The van der Waals surface area contributed by atoms with Crippen molar-refractivity contribution in [3.8, 4) is 0 Å². The van der Waals surface area contributed by atoms with Gasteiger partial charge in [0, 0.05) is 24.7 Å². The van der Waals surface area contributed by atoms with Gasteiger partial charge >= 0.3 is 11.9 Å². The van der Waals surface area contributed by atoms with Crippen LogP contribution in [0.25, 0.3) is 0 Å². The van der Waals surface area contributed by atoms with Crippen molar-refractivity contribution in [2.45, 2.75) is 119 Å². The fourth-order valence-electron chi connectivity index (χ4n) is 15.3. The van der Waals surface area contributed by atoms with Gasteiger partial charge in [-0.15, -0.1) is 0 Å². The molecule has 0 unspecified atom stereocenters. The van der Waals surface area contributed by atoms with Crippen LogP contribution < -0.4 is 32.9 Å². The highest BCUT2D eigenvalue weighted by molar-refractivity contribution is 7.95. The molecular formula is C52H68BrO4P. The number of fused-ring (bicyclic) bond motifs is 7. The maximum Gasteiger partial charge on any atom is 0.302 e. The zero-order valence-corrected chi connectivity index (χ0v) is 38.8. The van der Waals surface area contributed by atoms with Crippen LogP contribution in [0.1, 0.15) is 113 Å². The average Bonchev–Trinajstić information content (AvgIpc) is 3.58. The molecule has 5 aliphatic rings. The zero-order chi connectivity index (χ0) is 40.4. The zero-order valence-electron chi connectivity index (χ0n) is 36.3. The molecule has 0 spiro atoms. The summed E-state index contributed by atoms with van der Waals surface area (Å²) in [6.45, 7) is 21.7. The van der Waals surface area contributed by atoms with Crippen molar-refractivity contribution in [1.29, 1.82) is 0 Å². The molecular weight excluding hydrogens is 799 g/mol. The number of halogens is 1. The Kier molecular flexibility index (Phi) is 11.9. The summed E-state index contributed by atoms with van der Waals surface area (Å²) in [6.07, 6.45) is 12.4. The van der Waals surface area contributed by atoms with Crippen molar-refractivity contribution >= 4 is 35.1 Å². The smallest absolute Gasteiger partial charge is 0.302 e. The number of hydrogen-bond donors (Lipinski definition) is 0. The van der Waals surface area contributed by atoms with E-state index in [4.69, 9.17) is 16.1 Å². The summed E-state index contributed by atoms with van der Waals surface area (Å²) in [5.74, 6) is 2.17. The van der Waals surface area contributed by atoms with Crippen molar-refractivity contribution in [2.75, 3.05) is 12.8 Å². The fraction of sp³-hybridized carbons (Fsp3) is 0.577. The molecule has 3 aromatic carbocycles. The van der Waals surface area contributed by atoms with E-state index in [-0.39, 0.29) is 62.1 Å². The number of carbonyl (C=O) groups is 2. The Labute approximate surface area is 360 Å². The lowest BCUT2D eigenvalue weighted by Gasteiger charge is -2.73. The molecule has 0 bridgehead atoms. The Hall–Kier alpha value is -2.75. The van der Waals surface area contributed by atoms with E-state index < -0.39 is 7.26 Å². The summed E-state index contributed by atoms with van der Waals surface area (Å²) < 4.78 is 12.2. The third-order valence-electron chi connectivity index (χ3n) is 18.0. The predicted molar refractivity (Wildman–Crippen MR) is 235 cm³/mol. The third kappa shape index (κ3) is 6.70. The molecule has 312 valence electrons. The molecule has 4 nitrogen and oxygen atoms in total. The average molecular weight is 868 g/mol. The maximum atomic E-state index is 12.6. The predicted octanol–water partition coefficient (Wildman–Crippen LogP) is 8.12. The molecule has 8 rings (SSSR count). The minimum atomic E-state index is -2.12. The van der Waals surface area contributed by atoms with Crippen molar-refractivity contribution in [3.63, 3.8) is 0 Å². The first-order valence-corrected chi connectivity index (χ1v) is 24.1. The number of esters is 2. The summed E-state index contributed by atoms with van der Waals surface area (Å²) in [5.41, 5.74) is 1.89. The first-order valence-electron chi connectivity index (χ1n) is 22.2. The number of ether oxygens (including phenoxy) is 2. The van der Waals surface area contributed by atoms with Gasteiger partial charge in [-0.25, -0.2) is 0 Å². The van der Waals surface area contributed by atoms with Crippen molar-refractivity contribution < 1.29 is 36.0 Å². The highest BCUT2D eigenvalue weighted by Gasteiger charge is 2.71. The first-order chi connectivity index (χ1) is 27.1. The van der Waals surface area contributed by atoms with Crippen molar-refractivity contribution in [2.24, 2.45) is 56.7 Å². The van der Waals surface area contributed by atoms with Crippen LogP contribution in [0.4, 0.5) is 0 Å². The Morgan fingerprint density at radius 2 is 1.22 bits per heavy atom. The van der Waals surface area contributed by atoms with Crippen LogP contribution >= 0.6 is 7.26 Å². The third-order valence-corrected chi connectivity index (χ3v) is 22.4. The van der Waals surface area contributed by atoms with Gasteiger partial charge in [0.05, 0.1) is 12.8 Å². The molecule has 0 aliphatic heterocycles. The maximum absolute atomic E-state index is 12.6. The van der Waals surface area contributed by atoms with Gasteiger partial charge in [-0.3, -0.25) is 9.59 Å². The molecule has 0 N–H and O–H groups in total. The Morgan fingerprint density at radius 1 is 0.655 bits per heavy atom. The number of rotatable bonds is 9. The summed E-state index contributed by atoms with van der Waals surface area (Å²) in [4.78, 5) is 24.8. The van der Waals surface area contributed by atoms with Gasteiger partial charge in [-0.1, -0.05) is 95.8 Å². The van der Waals surface area contributed by atoms with Crippen LogP contribution in [0.5, 0.6) is 0 Å². The van der Waals surface area contributed by atoms with Crippen LogP contribution in [0.15, 0.2) is 103 Å². The number of allylic oxidation sites excluding steroid dienone is 1. The summed E-state index contributed by atoms with van der Waals surface area (Å²) >= 11 is 0. The summed E-state index contributed by atoms with van der Waals surface area (Å²) in [5, 5.41) is 4.22. The molecule has 3 aromatic rings. The molecule has 0 heterocycles. The van der Waals surface area contributed by atoms with E-state index in [1.165, 1.54) is 53.6 Å². The lowest BCUT2D eigenvalue weighted by Crippen LogP contribution is -3.00. The minimum absolute atomic E-state index is 0. The molecule has 5 aliphatic carbocycles. The second-order valence-corrected chi connectivity index (χ2v) is 24.1. The molecule has 0 aromatic heterocycles. The van der Waals surface area contributed by atoms with E-state index >= 15 is 0 Å². The van der Waals surface area contributed by atoms with E-state index in [0.29, 0.717) is 36.2 Å². The highest BCUT2D eigenvalue weighted by Crippen LogP contribution is 2.78. The Balaban J connectivity index is 0.00000512. The van der Waals surface area contributed by atoms with Crippen LogP contribution in [-0.4, -0.2) is 30.8 Å². The van der Waals surface area contributed by atoms with E-state index in [1.807, 2.05) is 0 Å². The molecule has 5 fully saturated rings. The van der Waals surface area contributed by atoms with E-state index in [1.54, 1.807) is 13.8 Å². The summed E-state index contributed by atoms with van der Waals surface area (Å²) in [6, 6.07) is 33.9. The van der Waals surface area contributed by atoms with Crippen LogP contribution in [0.2, 0.25) is 0 Å². The normalized spacial score (nSPS) is 36.1. The first kappa shape index (κ1) is 43.3. The van der Waals surface area contributed by atoms with Gasteiger partial charge in [-0.05, 0) is 152 Å². The van der Waals surface area contributed by atoms with Crippen LogP contribution in [0.3, 0.4) is 0 Å².